The molecule has 0 bridgehead atoms. The van der Waals surface area contributed by atoms with Gasteiger partial charge in [-0.25, -0.2) is 0 Å². The van der Waals surface area contributed by atoms with E-state index >= 15 is 0 Å². The zero-order chi connectivity index (χ0) is 17.0. The quantitative estimate of drug-likeness (QED) is 0.617. The van der Waals surface area contributed by atoms with Gasteiger partial charge in [-0.05, 0) is 19.2 Å². The van der Waals surface area contributed by atoms with Gasteiger partial charge in [0.2, 0.25) is 0 Å². The zero-order valence-electron chi connectivity index (χ0n) is 12.6. The van der Waals surface area contributed by atoms with Crippen LogP contribution in [0.25, 0.3) is 0 Å². The van der Waals surface area contributed by atoms with Crippen molar-refractivity contribution in [3.8, 4) is 0 Å². The van der Waals surface area contributed by atoms with Crippen molar-refractivity contribution in [2.75, 3.05) is 44.7 Å². The van der Waals surface area contributed by atoms with Gasteiger partial charge in [0.15, 0.2) is 0 Å². The van der Waals surface area contributed by atoms with Crippen molar-refractivity contribution < 1.29 is 19.6 Å². The van der Waals surface area contributed by atoms with Crippen LogP contribution in [-0.2, 0) is 9.53 Å². The van der Waals surface area contributed by atoms with Gasteiger partial charge in [0.25, 0.3) is 5.69 Å². The van der Waals surface area contributed by atoms with Crippen molar-refractivity contribution in [3.63, 3.8) is 0 Å². The number of hydrogen-bond acceptors (Lipinski definition) is 6. The minimum Gasteiger partial charge on any atom is -0.480 e. The fraction of sp³-hybridized carbons (Fsp3) is 0.500. The first-order valence-electron chi connectivity index (χ1n) is 7.07. The monoisotopic (exact) mass is 343 g/mol. The van der Waals surface area contributed by atoms with E-state index in [1.54, 1.807) is 18.0 Å². The molecular weight excluding hydrogens is 326 g/mol. The first kappa shape index (κ1) is 17.5. The van der Waals surface area contributed by atoms with Crippen LogP contribution in [0.5, 0.6) is 0 Å². The number of likely N-dealkylation sites (N-methyl/N-ethyl adjacent to an activating group) is 1. The molecule has 126 valence electrons. The smallest absolute Gasteiger partial charge is 0.317 e. The van der Waals surface area contributed by atoms with Gasteiger partial charge >= 0.3 is 5.97 Å². The molecular formula is C14H18ClN3O5. The Morgan fingerprint density at radius 1 is 1.61 bits per heavy atom. The average Bonchev–Trinajstić information content (AvgIpc) is 2.46. The van der Waals surface area contributed by atoms with Gasteiger partial charge in [0.05, 0.1) is 24.2 Å². The number of carbonyl (C=O) groups is 1. The molecule has 0 aromatic heterocycles. The predicted octanol–water partition coefficient (Wildman–Crippen LogP) is 1.47. The summed E-state index contributed by atoms with van der Waals surface area (Å²) < 4.78 is 5.63. The topological polar surface area (TPSA) is 96.2 Å². The van der Waals surface area contributed by atoms with Crippen LogP contribution in [-0.4, -0.2) is 66.8 Å². The van der Waals surface area contributed by atoms with Crippen LogP contribution in [0.15, 0.2) is 18.2 Å². The van der Waals surface area contributed by atoms with Crippen LogP contribution < -0.4 is 4.90 Å². The van der Waals surface area contributed by atoms with Crippen molar-refractivity contribution in [1.82, 2.24) is 4.90 Å². The number of carboxylic acids is 1. The first-order chi connectivity index (χ1) is 10.9. The summed E-state index contributed by atoms with van der Waals surface area (Å²) in [5.74, 6) is -0.911. The Morgan fingerprint density at radius 2 is 2.35 bits per heavy atom. The second-order valence-electron chi connectivity index (χ2n) is 5.42. The average molecular weight is 344 g/mol. The Labute approximate surface area is 138 Å². The minimum atomic E-state index is -0.911. The number of morpholine rings is 1. The molecule has 0 saturated carbocycles. The van der Waals surface area contributed by atoms with E-state index in [0.717, 1.165) is 0 Å². The SMILES string of the molecule is CN(CC(=O)O)CC1CN(c2cc(Cl)ccc2[N+](=O)[O-])CCO1. The summed E-state index contributed by atoms with van der Waals surface area (Å²) in [5, 5.41) is 20.4. The fourth-order valence-corrected chi connectivity index (χ4v) is 2.76. The second kappa shape index (κ2) is 7.58. The van der Waals surface area contributed by atoms with Gasteiger partial charge in [-0.3, -0.25) is 19.8 Å². The van der Waals surface area contributed by atoms with Gasteiger partial charge < -0.3 is 14.7 Å². The summed E-state index contributed by atoms with van der Waals surface area (Å²) in [6.45, 7) is 1.70. The maximum atomic E-state index is 11.2. The van der Waals surface area contributed by atoms with E-state index in [1.807, 2.05) is 4.90 Å². The van der Waals surface area contributed by atoms with Gasteiger partial charge in [-0.2, -0.15) is 0 Å². The molecule has 1 N–H and O–H groups in total. The predicted molar refractivity (Wildman–Crippen MR) is 85.2 cm³/mol. The molecule has 1 aromatic rings. The molecule has 1 unspecified atom stereocenters. The maximum Gasteiger partial charge on any atom is 0.317 e. The third-order valence-corrected chi connectivity index (χ3v) is 3.77. The van der Waals surface area contributed by atoms with Gasteiger partial charge in [0, 0.05) is 30.7 Å². The number of aliphatic carboxylic acids is 1. The Balaban J connectivity index is 2.10. The lowest BCUT2D eigenvalue weighted by Gasteiger charge is -2.35. The molecule has 9 heteroatoms. The van der Waals surface area contributed by atoms with Crippen LogP contribution >= 0.6 is 11.6 Å². The molecule has 1 saturated heterocycles. The highest BCUT2D eigenvalue weighted by Crippen LogP contribution is 2.32. The number of halogens is 1. The van der Waals surface area contributed by atoms with Crippen molar-refractivity contribution in [2.24, 2.45) is 0 Å². The number of benzene rings is 1. The van der Waals surface area contributed by atoms with Crippen molar-refractivity contribution in [3.05, 3.63) is 33.3 Å². The number of rotatable bonds is 6. The van der Waals surface area contributed by atoms with E-state index in [9.17, 15) is 14.9 Å². The molecule has 1 heterocycles. The molecule has 0 aliphatic carbocycles. The lowest BCUT2D eigenvalue weighted by Crippen LogP contribution is -2.47. The number of hydrogen-bond donors (Lipinski definition) is 1. The highest BCUT2D eigenvalue weighted by atomic mass is 35.5. The normalized spacial score (nSPS) is 18.2. The summed E-state index contributed by atoms with van der Waals surface area (Å²) in [6.07, 6.45) is -0.230. The first-order valence-corrected chi connectivity index (χ1v) is 7.45. The van der Waals surface area contributed by atoms with Crippen molar-refractivity contribution in [1.29, 1.82) is 0 Å². The Morgan fingerprint density at radius 3 is 3.00 bits per heavy atom. The fourth-order valence-electron chi connectivity index (χ4n) is 2.60. The molecule has 1 aliphatic rings. The van der Waals surface area contributed by atoms with E-state index in [1.165, 1.54) is 12.1 Å². The molecule has 0 amide bonds. The molecule has 0 spiro atoms. The highest BCUT2D eigenvalue weighted by molar-refractivity contribution is 6.31. The van der Waals surface area contributed by atoms with Crippen LogP contribution in [0.1, 0.15) is 0 Å². The second-order valence-corrected chi connectivity index (χ2v) is 5.86. The number of anilines is 1. The van der Waals surface area contributed by atoms with Gasteiger partial charge in [0.1, 0.15) is 5.69 Å². The zero-order valence-corrected chi connectivity index (χ0v) is 13.4. The largest absolute Gasteiger partial charge is 0.480 e. The van der Waals surface area contributed by atoms with Gasteiger partial charge in [-0.15, -0.1) is 0 Å². The van der Waals surface area contributed by atoms with E-state index < -0.39 is 10.9 Å². The number of nitro benzene ring substituents is 1. The molecule has 0 radical (unpaired) electrons. The molecule has 23 heavy (non-hydrogen) atoms. The molecule has 1 atom stereocenters. The molecule has 2 rings (SSSR count). The molecule has 1 aliphatic heterocycles. The summed E-state index contributed by atoms with van der Waals surface area (Å²) >= 11 is 5.96. The molecule has 1 fully saturated rings. The van der Waals surface area contributed by atoms with E-state index in [2.05, 4.69) is 0 Å². The summed E-state index contributed by atoms with van der Waals surface area (Å²) in [7, 11) is 1.69. The van der Waals surface area contributed by atoms with E-state index in [4.69, 9.17) is 21.4 Å². The minimum absolute atomic E-state index is 0.00561. The number of carboxylic acid groups (broad SMARTS) is 1. The lowest BCUT2D eigenvalue weighted by atomic mass is 10.2. The van der Waals surface area contributed by atoms with E-state index in [-0.39, 0.29) is 18.3 Å². The van der Waals surface area contributed by atoms with Crippen molar-refractivity contribution in [2.45, 2.75) is 6.10 Å². The lowest BCUT2D eigenvalue weighted by molar-refractivity contribution is -0.384. The van der Waals surface area contributed by atoms with Crippen LogP contribution in [0.3, 0.4) is 0 Å². The van der Waals surface area contributed by atoms with Crippen molar-refractivity contribution >= 4 is 28.9 Å². The summed E-state index contributed by atoms with van der Waals surface area (Å²) in [4.78, 5) is 25.0. The standard InChI is InChI=1S/C14H18ClN3O5/c1-16(9-14(19)20)7-11-8-17(4-5-23-11)13-6-10(15)2-3-12(13)18(21)22/h2-3,6,11H,4-5,7-9H2,1H3,(H,19,20). The maximum absolute atomic E-state index is 11.2. The van der Waals surface area contributed by atoms with Crippen LogP contribution in [0.2, 0.25) is 5.02 Å². The van der Waals surface area contributed by atoms with Gasteiger partial charge in [-0.1, -0.05) is 11.6 Å². The summed E-state index contributed by atoms with van der Waals surface area (Å²) in [6, 6.07) is 4.45. The molecule has 8 nitrogen and oxygen atoms in total. The number of nitrogens with zero attached hydrogens (tertiary/aromatic N) is 3. The Hall–Kier alpha value is -1.90. The highest BCUT2D eigenvalue weighted by Gasteiger charge is 2.27. The molecule has 1 aromatic carbocycles. The Kier molecular flexibility index (Phi) is 5.75. The van der Waals surface area contributed by atoms with Crippen LogP contribution in [0, 0.1) is 10.1 Å². The third kappa shape index (κ3) is 4.78. The van der Waals surface area contributed by atoms with E-state index in [0.29, 0.717) is 37.0 Å². The third-order valence-electron chi connectivity index (χ3n) is 3.53. The number of nitro groups is 1. The van der Waals surface area contributed by atoms with Crippen LogP contribution in [0.4, 0.5) is 11.4 Å². The Bertz CT molecular complexity index is 598. The summed E-state index contributed by atoms with van der Waals surface area (Å²) in [5.41, 5.74) is 0.450. The number of ether oxygens (including phenoxy) is 1.